The molecule has 0 unspecified atom stereocenters. The van der Waals surface area contributed by atoms with E-state index in [1.54, 1.807) is 61.6 Å². The Morgan fingerprint density at radius 2 is 1.87 bits per heavy atom. The number of methoxy groups -OCH3 is 2. The van der Waals surface area contributed by atoms with Gasteiger partial charge in [0.1, 0.15) is 17.3 Å². The first-order valence-electron chi connectivity index (χ1n) is 9.35. The number of carbonyl (C=O) groups is 1. The van der Waals surface area contributed by atoms with Crippen LogP contribution in [0, 0.1) is 0 Å². The Hall–Kier alpha value is -3.18. The molecule has 1 amide bonds. The van der Waals surface area contributed by atoms with Crippen LogP contribution in [0.3, 0.4) is 0 Å². The molecule has 2 aromatic rings. The van der Waals surface area contributed by atoms with Crippen LogP contribution in [0.1, 0.15) is 19.4 Å². The standard InChI is InChI=1S/C24H26ClNO4/c1-6-8-20(9-7-2)30-24-12-10-19(25)15-22(24)26(17(3)27)16-18-14-21(28-4)11-13-23(18)29-5/h6-15H,1,16H2,2-5H3/b9-7-,20-8+. The van der Waals surface area contributed by atoms with E-state index >= 15 is 0 Å². The Balaban J connectivity index is 2.53. The van der Waals surface area contributed by atoms with Crippen molar-refractivity contribution >= 4 is 23.2 Å². The molecule has 5 nitrogen and oxygen atoms in total. The number of ether oxygens (including phenoxy) is 3. The topological polar surface area (TPSA) is 48.0 Å². The van der Waals surface area contributed by atoms with E-state index in [4.69, 9.17) is 25.8 Å². The molecule has 0 saturated heterocycles. The SMILES string of the molecule is C=C/C=C(\C=C/C)Oc1ccc(Cl)cc1N(Cc1cc(OC)ccc1OC)C(C)=O. The summed E-state index contributed by atoms with van der Waals surface area (Å²) >= 11 is 6.25. The normalized spacial score (nSPS) is 11.3. The molecular weight excluding hydrogens is 402 g/mol. The summed E-state index contributed by atoms with van der Waals surface area (Å²) in [6.45, 7) is 7.34. The van der Waals surface area contributed by atoms with Gasteiger partial charge in [0.05, 0.1) is 26.5 Å². The van der Waals surface area contributed by atoms with Gasteiger partial charge in [-0.2, -0.15) is 0 Å². The summed E-state index contributed by atoms with van der Waals surface area (Å²) < 4.78 is 16.8. The van der Waals surface area contributed by atoms with Gasteiger partial charge in [-0.05, 0) is 55.5 Å². The van der Waals surface area contributed by atoms with Crippen molar-refractivity contribution in [2.45, 2.75) is 20.4 Å². The van der Waals surface area contributed by atoms with Crippen LogP contribution < -0.4 is 19.1 Å². The number of nitrogens with zero attached hydrogens (tertiary/aromatic N) is 1. The highest BCUT2D eigenvalue weighted by Gasteiger charge is 2.20. The molecule has 0 aromatic heterocycles. The highest BCUT2D eigenvalue weighted by atomic mass is 35.5. The van der Waals surface area contributed by atoms with Gasteiger partial charge in [-0.25, -0.2) is 0 Å². The van der Waals surface area contributed by atoms with Gasteiger partial charge in [0.15, 0.2) is 5.75 Å². The molecule has 0 aliphatic carbocycles. The number of amides is 1. The molecule has 0 heterocycles. The van der Waals surface area contributed by atoms with Gasteiger partial charge >= 0.3 is 0 Å². The third kappa shape index (κ3) is 5.91. The molecule has 6 heteroatoms. The van der Waals surface area contributed by atoms with E-state index in [2.05, 4.69) is 6.58 Å². The van der Waals surface area contributed by atoms with Gasteiger partial charge < -0.3 is 19.1 Å². The molecule has 0 bridgehead atoms. The summed E-state index contributed by atoms with van der Waals surface area (Å²) in [6, 6.07) is 10.6. The maximum atomic E-state index is 12.6. The van der Waals surface area contributed by atoms with Crippen molar-refractivity contribution in [2.75, 3.05) is 19.1 Å². The second-order valence-electron chi connectivity index (χ2n) is 6.30. The van der Waals surface area contributed by atoms with E-state index in [-0.39, 0.29) is 12.5 Å². The number of halogens is 1. The fourth-order valence-corrected chi connectivity index (χ4v) is 3.03. The van der Waals surface area contributed by atoms with E-state index in [0.717, 1.165) is 5.56 Å². The zero-order valence-electron chi connectivity index (χ0n) is 17.6. The monoisotopic (exact) mass is 427 g/mol. The third-order valence-corrected chi connectivity index (χ3v) is 4.48. The maximum absolute atomic E-state index is 12.6. The van der Waals surface area contributed by atoms with Crippen LogP contribution in [0.4, 0.5) is 5.69 Å². The van der Waals surface area contributed by atoms with Crippen LogP contribution in [0.5, 0.6) is 17.2 Å². The first-order chi connectivity index (χ1) is 14.4. The minimum atomic E-state index is -0.174. The molecule has 0 N–H and O–H groups in total. The van der Waals surface area contributed by atoms with Gasteiger partial charge in [-0.15, -0.1) is 0 Å². The second-order valence-corrected chi connectivity index (χ2v) is 6.74. The molecule has 0 atom stereocenters. The average Bonchev–Trinajstić information content (AvgIpc) is 2.73. The zero-order chi connectivity index (χ0) is 22.1. The lowest BCUT2D eigenvalue weighted by atomic mass is 10.1. The number of rotatable bonds is 9. The molecule has 2 rings (SSSR count). The van der Waals surface area contributed by atoms with Gasteiger partial charge in [-0.3, -0.25) is 4.79 Å². The van der Waals surface area contributed by atoms with Crippen LogP contribution in [0.2, 0.25) is 5.02 Å². The number of allylic oxidation sites excluding steroid dienone is 4. The molecule has 0 spiro atoms. The zero-order valence-corrected chi connectivity index (χ0v) is 18.4. The van der Waals surface area contributed by atoms with Gasteiger partial charge in [-0.1, -0.05) is 30.3 Å². The number of hydrogen-bond acceptors (Lipinski definition) is 4. The van der Waals surface area contributed by atoms with Crippen LogP contribution in [0.15, 0.2) is 73.0 Å². The highest BCUT2D eigenvalue weighted by Crippen LogP contribution is 2.35. The third-order valence-electron chi connectivity index (χ3n) is 4.25. The van der Waals surface area contributed by atoms with Gasteiger partial charge in [0.25, 0.3) is 0 Å². The largest absolute Gasteiger partial charge is 0.497 e. The Morgan fingerprint density at radius 1 is 1.13 bits per heavy atom. The molecule has 2 aromatic carbocycles. The lowest BCUT2D eigenvalue weighted by Crippen LogP contribution is -2.28. The van der Waals surface area contributed by atoms with Crippen LogP contribution >= 0.6 is 11.6 Å². The van der Waals surface area contributed by atoms with E-state index < -0.39 is 0 Å². The lowest BCUT2D eigenvalue weighted by molar-refractivity contribution is -0.116. The number of anilines is 1. The predicted octanol–water partition coefficient (Wildman–Crippen LogP) is 5.94. The van der Waals surface area contributed by atoms with Crippen LogP contribution in [0.25, 0.3) is 0 Å². The Labute approximate surface area is 182 Å². The van der Waals surface area contributed by atoms with Gasteiger partial charge in [0.2, 0.25) is 5.91 Å². The molecule has 0 aliphatic heterocycles. The lowest BCUT2D eigenvalue weighted by Gasteiger charge is -2.25. The van der Waals surface area contributed by atoms with E-state index in [9.17, 15) is 4.79 Å². The first-order valence-corrected chi connectivity index (χ1v) is 9.73. The fraction of sp³-hybridized carbons (Fsp3) is 0.208. The Bertz CT molecular complexity index is 966. The Kier molecular flexibility index (Phi) is 8.56. The van der Waals surface area contributed by atoms with Crippen molar-refractivity contribution in [2.24, 2.45) is 0 Å². The van der Waals surface area contributed by atoms with Crippen molar-refractivity contribution in [1.29, 1.82) is 0 Å². The average molecular weight is 428 g/mol. The smallest absolute Gasteiger partial charge is 0.224 e. The minimum Gasteiger partial charge on any atom is -0.497 e. The summed E-state index contributed by atoms with van der Waals surface area (Å²) in [6.07, 6.45) is 7.04. The fourth-order valence-electron chi connectivity index (χ4n) is 2.86. The summed E-state index contributed by atoms with van der Waals surface area (Å²) in [5, 5.41) is 0.487. The summed E-state index contributed by atoms with van der Waals surface area (Å²) in [5.74, 6) is 2.21. The minimum absolute atomic E-state index is 0.174. The summed E-state index contributed by atoms with van der Waals surface area (Å²) in [4.78, 5) is 14.2. The highest BCUT2D eigenvalue weighted by molar-refractivity contribution is 6.31. The molecular formula is C24H26ClNO4. The number of benzene rings is 2. The molecule has 30 heavy (non-hydrogen) atoms. The van der Waals surface area contributed by atoms with Crippen molar-refractivity contribution in [3.05, 3.63) is 83.6 Å². The van der Waals surface area contributed by atoms with Crippen LogP contribution in [-0.2, 0) is 11.3 Å². The summed E-state index contributed by atoms with van der Waals surface area (Å²) in [7, 11) is 3.17. The Morgan fingerprint density at radius 3 is 2.47 bits per heavy atom. The number of carbonyl (C=O) groups excluding carboxylic acids is 1. The predicted molar refractivity (Wildman–Crippen MR) is 122 cm³/mol. The molecule has 0 fully saturated rings. The first kappa shape index (κ1) is 23.1. The molecule has 158 valence electrons. The van der Waals surface area contributed by atoms with Crippen molar-refractivity contribution in [1.82, 2.24) is 0 Å². The molecule has 0 radical (unpaired) electrons. The number of hydrogen-bond donors (Lipinski definition) is 0. The summed E-state index contributed by atoms with van der Waals surface area (Å²) in [5.41, 5.74) is 1.33. The van der Waals surface area contributed by atoms with E-state index in [1.807, 2.05) is 25.1 Å². The van der Waals surface area contributed by atoms with Crippen molar-refractivity contribution < 1.29 is 19.0 Å². The quantitative estimate of drug-likeness (QED) is 0.367. The van der Waals surface area contributed by atoms with Crippen LogP contribution in [-0.4, -0.2) is 20.1 Å². The second kappa shape index (κ2) is 11.1. The van der Waals surface area contributed by atoms with Crippen molar-refractivity contribution in [3.8, 4) is 17.2 Å². The van der Waals surface area contributed by atoms with Crippen molar-refractivity contribution in [3.63, 3.8) is 0 Å². The van der Waals surface area contributed by atoms with Gasteiger partial charge in [0, 0.05) is 17.5 Å². The van der Waals surface area contributed by atoms with E-state index in [0.29, 0.717) is 33.7 Å². The molecule has 0 aliphatic rings. The maximum Gasteiger partial charge on any atom is 0.224 e. The molecule has 0 saturated carbocycles. The van der Waals surface area contributed by atoms with E-state index in [1.165, 1.54) is 6.92 Å².